The van der Waals surface area contributed by atoms with Gasteiger partial charge in [0.15, 0.2) is 0 Å². The van der Waals surface area contributed by atoms with Gasteiger partial charge in [-0.1, -0.05) is 12.1 Å². The second-order valence-electron chi connectivity index (χ2n) is 5.70. The lowest BCUT2D eigenvalue weighted by Crippen LogP contribution is -2.15. The summed E-state index contributed by atoms with van der Waals surface area (Å²) in [7, 11) is 0. The monoisotopic (exact) mass is 333 g/mol. The summed E-state index contributed by atoms with van der Waals surface area (Å²) in [5, 5.41) is 6.08. The molecule has 126 valence electrons. The number of carbonyl (C=O) groups is 1. The maximum atomic E-state index is 12.5. The summed E-state index contributed by atoms with van der Waals surface area (Å²) < 4.78 is 0. The van der Waals surface area contributed by atoms with Crippen LogP contribution in [0, 0.1) is 13.8 Å². The number of hydrogen-bond acceptors (Lipinski definition) is 5. The number of benzene rings is 1. The molecule has 3 rings (SSSR count). The van der Waals surface area contributed by atoms with E-state index in [9.17, 15) is 4.79 Å². The minimum absolute atomic E-state index is 0.261. The van der Waals surface area contributed by atoms with Crippen LogP contribution in [0.5, 0.6) is 0 Å². The van der Waals surface area contributed by atoms with Crippen molar-refractivity contribution in [1.82, 2.24) is 15.0 Å². The molecule has 0 aliphatic carbocycles. The van der Waals surface area contributed by atoms with Crippen molar-refractivity contribution in [1.29, 1.82) is 0 Å². The Bertz CT molecular complexity index is 880. The van der Waals surface area contributed by atoms with Crippen LogP contribution in [0.2, 0.25) is 0 Å². The Morgan fingerprint density at radius 2 is 1.88 bits per heavy atom. The van der Waals surface area contributed by atoms with Gasteiger partial charge in [0.2, 0.25) is 0 Å². The lowest BCUT2D eigenvalue weighted by atomic mass is 10.1. The lowest BCUT2D eigenvalue weighted by molar-refractivity contribution is 0.102. The van der Waals surface area contributed by atoms with Crippen LogP contribution in [0.1, 0.15) is 27.2 Å². The highest BCUT2D eigenvalue weighted by atomic mass is 16.1. The minimum atomic E-state index is -0.261. The van der Waals surface area contributed by atoms with Gasteiger partial charge in [0.25, 0.3) is 5.91 Å². The average Bonchev–Trinajstić information content (AvgIpc) is 2.65. The molecule has 0 unspecified atom stereocenters. The van der Waals surface area contributed by atoms with Crippen LogP contribution in [0.15, 0.2) is 55.1 Å². The largest absolute Gasteiger partial charge is 0.366 e. The van der Waals surface area contributed by atoms with Gasteiger partial charge in [-0.05, 0) is 48.7 Å². The van der Waals surface area contributed by atoms with Gasteiger partial charge >= 0.3 is 0 Å². The lowest BCUT2D eigenvalue weighted by Gasteiger charge is -2.11. The summed E-state index contributed by atoms with van der Waals surface area (Å²) in [5.74, 6) is 0.334. The first-order chi connectivity index (χ1) is 12.1. The van der Waals surface area contributed by atoms with Gasteiger partial charge in [0.05, 0.1) is 0 Å². The SMILES string of the molecule is Cc1cccc(NC(=O)c2cc(NCc3ccncc3)ncn2)c1C. The summed E-state index contributed by atoms with van der Waals surface area (Å²) in [6.07, 6.45) is 4.85. The highest BCUT2D eigenvalue weighted by Crippen LogP contribution is 2.19. The van der Waals surface area contributed by atoms with Crippen LogP contribution in [0.4, 0.5) is 11.5 Å². The zero-order chi connectivity index (χ0) is 17.6. The molecule has 0 fully saturated rings. The Morgan fingerprint density at radius 1 is 1.08 bits per heavy atom. The normalized spacial score (nSPS) is 10.3. The van der Waals surface area contributed by atoms with Crippen molar-refractivity contribution >= 4 is 17.4 Å². The first-order valence-corrected chi connectivity index (χ1v) is 7.96. The molecule has 0 saturated carbocycles. The van der Waals surface area contributed by atoms with E-state index in [0.717, 1.165) is 22.4 Å². The molecule has 0 spiro atoms. The second-order valence-corrected chi connectivity index (χ2v) is 5.70. The molecule has 0 atom stereocenters. The topological polar surface area (TPSA) is 79.8 Å². The fourth-order valence-corrected chi connectivity index (χ4v) is 2.34. The number of pyridine rings is 1. The summed E-state index contributed by atoms with van der Waals surface area (Å²) in [6, 6.07) is 11.3. The summed E-state index contributed by atoms with van der Waals surface area (Å²) in [4.78, 5) is 24.7. The van der Waals surface area contributed by atoms with Crippen LogP contribution in [-0.4, -0.2) is 20.9 Å². The Balaban J connectivity index is 1.70. The molecular weight excluding hydrogens is 314 g/mol. The smallest absolute Gasteiger partial charge is 0.274 e. The predicted molar refractivity (Wildman–Crippen MR) is 97.5 cm³/mol. The van der Waals surface area contributed by atoms with Gasteiger partial charge in [-0.15, -0.1) is 0 Å². The predicted octanol–water partition coefficient (Wildman–Crippen LogP) is 3.35. The fraction of sp³-hybridized carbons (Fsp3) is 0.158. The molecule has 25 heavy (non-hydrogen) atoms. The van der Waals surface area contributed by atoms with E-state index in [2.05, 4.69) is 25.6 Å². The third kappa shape index (κ3) is 4.17. The number of hydrogen-bond donors (Lipinski definition) is 2. The maximum absolute atomic E-state index is 12.5. The van der Waals surface area contributed by atoms with E-state index in [0.29, 0.717) is 18.1 Å². The molecule has 2 aromatic heterocycles. The van der Waals surface area contributed by atoms with E-state index in [1.165, 1.54) is 6.33 Å². The maximum Gasteiger partial charge on any atom is 0.274 e. The van der Waals surface area contributed by atoms with Crippen LogP contribution < -0.4 is 10.6 Å². The number of carbonyl (C=O) groups excluding carboxylic acids is 1. The third-order valence-corrected chi connectivity index (χ3v) is 3.98. The number of anilines is 2. The van der Waals surface area contributed by atoms with Gasteiger partial charge in [-0.2, -0.15) is 0 Å². The number of amides is 1. The molecule has 1 amide bonds. The van der Waals surface area contributed by atoms with Gasteiger partial charge in [0.1, 0.15) is 17.8 Å². The molecule has 6 nitrogen and oxygen atoms in total. The van der Waals surface area contributed by atoms with E-state index < -0.39 is 0 Å². The van der Waals surface area contributed by atoms with Crippen LogP contribution >= 0.6 is 0 Å². The van der Waals surface area contributed by atoms with Gasteiger partial charge < -0.3 is 10.6 Å². The van der Waals surface area contributed by atoms with E-state index in [1.54, 1.807) is 18.5 Å². The highest BCUT2D eigenvalue weighted by molar-refractivity contribution is 6.03. The molecule has 2 heterocycles. The molecule has 6 heteroatoms. The van der Waals surface area contributed by atoms with Gasteiger partial charge in [-0.25, -0.2) is 9.97 Å². The first kappa shape index (κ1) is 16.6. The average molecular weight is 333 g/mol. The number of nitrogens with zero attached hydrogens (tertiary/aromatic N) is 3. The quantitative estimate of drug-likeness (QED) is 0.748. The summed E-state index contributed by atoms with van der Waals surface area (Å²) >= 11 is 0. The molecule has 0 aliphatic rings. The Hall–Kier alpha value is -3.28. The molecule has 2 N–H and O–H groups in total. The van der Waals surface area contributed by atoms with Crippen molar-refractivity contribution in [2.75, 3.05) is 10.6 Å². The zero-order valence-corrected chi connectivity index (χ0v) is 14.2. The Labute approximate surface area is 146 Å². The number of rotatable bonds is 5. The van der Waals surface area contributed by atoms with E-state index >= 15 is 0 Å². The van der Waals surface area contributed by atoms with Crippen LogP contribution in [0.3, 0.4) is 0 Å². The van der Waals surface area contributed by atoms with Gasteiger partial charge in [0, 0.05) is 30.7 Å². The van der Waals surface area contributed by atoms with Crippen molar-refractivity contribution in [3.05, 3.63) is 77.5 Å². The number of nitrogens with one attached hydrogen (secondary N) is 2. The van der Waals surface area contributed by atoms with E-state index in [-0.39, 0.29) is 5.91 Å². The van der Waals surface area contributed by atoms with Crippen LogP contribution in [0.25, 0.3) is 0 Å². The van der Waals surface area contributed by atoms with Crippen molar-refractivity contribution in [3.8, 4) is 0 Å². The second kappa shape index (κ2) is 7.53. The molecule has 0 aliphatic heterocycles. The fourth-order valence-electron chi connectivity index (χ4n) is 2.34. The van der Waals surface area contributed by atoms with Crippen molar-refractivity contribution < 1.29 is 4.79 Å². The number of aryl methyl sites for hydroxylation is 1. The Morgan fingerprint density at radius 3 is 2.68 bits per heavy atom. The van der Waals surface area contributed by atoms with E-state index in [4.69, 9.17) is 0 Å². The molecule has 3 aromatic rings. The number of aromatic nitrogens is 3. The van der Waals surface area contributed by atoms with Crippen molar-refractivity contribution in [3.63, 3.8) is 0 Å². The van der Waals surface area contributed by atoms with Gasteiger partial charge in [-0.3, -0.25) is 9.78 Å². The first-order valence-electron chi connectivity index (χ1n) is 7.96. The summed E-state index contributed by atoms with van der Waals surface area (Å²) in [5.41, 5.74) is 4.35. The minimum Gasteiger partial charge on any atom is -0.366 e. The summed E-state index contributed by atoms with van der Waals surface area (Å²) in [6.45, 7) is 4.58. The zero-order valence-electron chi connectivity index (χ0n) is 14.2. The molecule has 1 aromatic carbocycles. The molecular formula is C19H19N5O. The Kier molecular flexibility index (Phi) is 4.99. The molecule has 0 saturated heterocycles. The molecule has 0 radical (unpaired) electrons. The third-order valence-electron chi connectivity index (χ3n) is 3.98. The van der Waals surface area contributed by atoms with Crippen molar-refractivity contribution in [2.24, 2.45) is 0 Å². The molecule has 0 bridgehead atoms. The standard InChI is InChI=1S/C19H19N5O/c1-13-4-3-5-16(14(13)2)24-19(25)17-10-18(23-12-22-17)21-11-15-6-8-20-9-7-15/h3-10,12H,11H2,1-2H3,(H,24,25)(H,21,22,23). The van der Waals surface area contributed by atoms with E-state index in [1.807, 2.05) is 44.2 Å². The highest BCUT2D eigenvalue weighted by Gasteiger charge is 2.11. The van der Waals surface area contributed by atoms with Crippen molar-refractivity contribution in [2.45, 2.75) is 20.4 Å². The van der Waals surface area contributed by atoms with Crippen LogP contribution in [-0.2, 0) is 6.54 Å².